The highest BCUT2D eigenvalue weighted by Crippen LogP contribution is 2.04. The van der Waals surface area contributed by atoms with Crippen molar-refractivity contribution >= 4 is 5.91 Å². The van der Waals surface area contributed by atoms with Gasteiger partial charge in [-0.1, -0.05) is 25.5 Å². The Kier molecular flexibility index (Phi) is 5.62. The number of carbonyl (C=O) groups excluding carboxylic acids is 1. The predicted molar refractivity (Wildman–Crippen MR) is 65.1 cm³/mol. The van der Waals surface area contributed by atoms with Crippen molar-refractivity contribution in [2.45, 2.75) is 39.3 Å². The second kappa shape index (κ2) is 7.01. The lowest BCUT2D eigenvalue weighted by atomic mass is 9.99. The Labute approximate surface area is 102 Å². The van der Waals surface area contributed by atoms with E-state index in [0.29, 0.717) is 6.54 Å². The summed E-state index contributed by atoms with van der Waals surface area (Å²) in [6, 6.07) is -0.411. The summed E-state index contributed by atoms with van der Waals surface area (Å²) >= 11 is 0. The molecule has 0 fully saturated rings. The van der Waals surface area contributed by atoms with Crippen LogP contribution in [-0.4, -0.2) is 33.5 Å². The van der Waals surface area contributed by atoms with Crippen LogP contribution in [0.2, 0.25) is 0 Å². The molecule has 0 spiro atoms. The first-order valence-corrected chi connectivity index (χ1v) is 6.02. The summed E-state index contributed by atoms with van der Waals surface area (Å²) in [6.45, 7) is 5.38. The minimum atomic E-state index is -0.411. The second-order valence-corrected chi connectivity index (χ2v) is 4.22. The van der Waals surface area contributed by atoms with E-state index in [1.807, 2.05) is 13.8 Å². The summed E-state index contributed by atoms with van der Waals surface area (Å²) in [7, 11) is 0. The zero-order valence-corrected chi connectivity index (χ0v) is 10.5. The summed E-state index contributed by atoms with van der Waals surface area (Å²) in [5.74, 6) is 0.142. The van der Waals surface area contributed by atoms with E-state index >= 15 is 0 Å². The van der Waals surface area contributed by atoms with E-state index in [0.717, 1.165) is 19.4 Å². The number of aryl methyl sites for hydroxylation is 1. The Hall–Kier alpha value is -1.43. The molecule has 3 N–H and O–H groups in total. The van der Waals surface area contributed by atoms with Crippen LogP contribution in [0.3, 0.4) is 0 Å². The van der Waals surface area contributed by atoms with Crippen LogP contribution in [0.1, 0.15) is 26.7 Å². The van der Waals surface area contributed by atoms with Gasteiger partial charge in [-0.25, -0.2) is 0 Å². The molecule has 0 saturated carbocycles. The largest absolute Gasteiger partial charge is 0.355 e. The zero-order valence-electron chi connectivity index (χ0n) is 10.5. The van der Waals surface area contributed by atoms with Crippen LogP contribution in [0.4, 0.5) is 0 Å². The highest BCUT2D eigenvalue weighted by molar-refractivity contribution is 5.81. The van der Waals surface area contributed by atoms with Crippen LogP contribution in [0, 0.1) is 5.92 Å². The zero-order chi connectivity index (χ0) is 12.7. The average Bonchev–Trinajstić information content (AvgIpc) is 2.85. The molecule has 2 atom stereocenters. The Morgan fingerprint density at radius 1 is 1.59 bits per heavy atom. The van der Waals surface area contributed by atoms with E-state index < -0.39 is 6.04 Å². The van der Waals surface area contributed by atoms with Crippen LogP contribution in [-0.2, 0) is 11.3 Å². The van der Waals surface area contributed by atoms with Crippen LogP contribution in [0.5, 0.6) is 0 Å². The number of aromatic nitrogens is 3. The first-order chi connectivity index (χ1) is 8.15. The van der Waals surface area contributed by atoms with Gasteiger partial charge in [0.1, 0.15) is 0 Å². The van der Waals surface area contributed by atoms with E-state index in [9.17, 15) is 4.79 Å². The Balaban J connectivity index is 2.16. The quantitative estimate of drug-likeness (QED) is 0.664. The minimum Gasteiger partial charge on any atom is -0.355 e. The molecule has 0 aliphatic carbocycles. The number of hydrogen-bond acceptors (Lipinski definition) is 4. The lowest BCUT2D eigenvalue weighted by Gasteiger charge is -2.17. The smallest absolute Gasteiger partial charge is 0.237 e. The van der Waals surface area contributed by atoms with Crippen LogP contribution in [0.25, 0.3) is 0 Å². The van der Waals surface area contributed by atoms with Crippen molar-refractivity contribution in [1.82, 2.24) is 20.3 Å². The molecule has 0 aromatic carbocycles. The predicted octanol–water partition coefficient (Wildman–Crippen LogP) is 0.158. The Bertz CT molecular complexity index is 325. The minimum absolute atomic E-state index is 0.0714. The van der Waals surface area contributed by atoms with Crippen LogP contribution in [0.15, 0.2) is 12.4 Å². The molecule has 6 heteroatoms. The number of nitrogens with two attached hydrogens (primary N) is 1. The Morgan fingerprint density at radius 3 is 2.94 bits per heavy atom. The highest BCUT2D eigenvalue weighted by atomic mass is 16.2. The van der Waals surface area contributed by atoms with Crippen molar-refractivity contribution in [3.05, 3.63) is 12.4 Å². The monoisotopic (exact) mass is 239 g/mol. The molecular formula is C11H21N5O. The van der Waals surface area contributed by atoms with Gasteiger partial charge in [-0.05, 0) is 12.3 Å². The normalized spacial score (nSPS) is 14.3. The van der Waals surface area contributed by atoms with Gasteiger partial charge in [-0.2, -0.15) is 0 Å². The maximum Gasteiger partial charge on any atom is 0.237 e. The molecule has 1 aromatic heterocycles. The molecule has 0 aliphatic heterocycles. The third-order valence-corrected chi connectivity index (χ3v) is 2.89. The van der Waals surface area contributed by atoms with Gasteiger partial charge < -0.3 is 11.1 Å². The maximum absolute atomic E-state index is 11.6. The first-order valence-electron chi connectivity index (χ1n) is 6.02. The van der Waals surface area contributed by atoms with E-state index in [1.165, 1.54) is 0 Å². The number of rotatable bonds is 7. The third-order valence-electron chi connectivity index (χ3n) is 2.89. The van der Waals surface area contributed by atoms with Gasteiger partial charge in [-0.15, -0.1) is 5.10 Å². The lowest BCUT2D eigenvalue weighted by Crippen LogP contribution is -2.44. The molecule has 1 rings (SSSR count). The van der Waals surface area contributed by atoms with Crippen LogP contribution < -0.4 is 11.1 Å². The van der Waals surface area contributed by atoms with Crippen molar-refractivity contribution in [2.24, 2.45) is 11.7 Å². The molecule has 0 radical (unpaired) electrons. The van der Waals surface area contributed by atoms with Gasteiger partial charge in [0.25, 0.3) is 0 Å². The van der Waals surface area contributed by atoms with Gasteiger partial charge in [-0.3, -0.25) is 9.48 Å². The SMILES string of the molecule is CCC(C)[C@H](N)C(=O)NCCCn1ccnn1. The summed E-state index contributed by atoms with van der Waals surface area (Å²) in [5.41, 5.74) is 5.81. The molecule has 0 bridgehead atoms. The molecule has 0 aliphatic rings. The Morgan fingerprint density at radius 2 is 2.35 bits per heavy atom. The molecule has 0 saturated heterocycles. The van der Waals surface area contributed by atoms with E-state index in [2.05, 4.69) is 15.6 Å². The van der Waals surface area contributed by atoms with Crippen molar-refractivity contribution in [2.75, 3.05) is 6.54 Å². The highest BCUT2D eigenvalue weighted by Gasteiger charge is 2.18. The summed E-state index contributed by atoms with van der Waals surface area (Å²) in [4.78, 5) is 11.6. The van der Waals surface area contributed by atoms with Gasteiger partial charge in [0, 0.05) is 19.3 Å². The topological polar surface area (TPSA) is 85.8 Å². The molecule has 96 valence electrons. The second-order valence-electron chi connectivity index (χ2n) is 4.22. The van der Waals surface area contributed by atoms with Crippen LogP contribution >= 0.6 is 0 Å². The van der Waals surface area contributed by atoms with Crippen molar-refractivity contribution in [3.63, 3.8) is 0 Å². The van der Waals surface area contributed by atoms with E-state index in [1.54, 1.807) is 17.1 Å². The molecule has 1 heterocycles. The fourth-order valence-corrected chi connectivity index (χ4v) is 1.43. The molecule has 1 unspecified atom stereocenters. The third kappa shape index (κ3) is 4.52. The lowest BCUT2D eigenvalue weighted by molar-refractivity contribution is -0.123. The summed E-state index contributed by atoms with van der Waals surface area (Å²) < 4.78 is 1.74. The summed E-state index contributed by atoms with van der Waals surface area (Å²) in [6.07, 6.45) is 5.17. The van der Waals surface area contributed by atoms with Gasteiger partial charge in [0.2, 0.25) is 5.91 Å². The fraction of sp³-hybridized carbons (Fsp3) is 0.727. The van der Waals surface area contributed by atoms with Gasteiger partial charge in [0.15, 0.2) is 0 Å². The van der Waals surface area contributed by atoms with Crippen molar-refractivity contribution in [1.29, 1.82) is 0 Å². The number of nitrogens with one attached hydrogen (secondary N) is 1. The van der Waals surface area contributed by atoms with E-state index in [-0.39, 0.29) is 11.8 Å². The fourth-order valence-electron chi connectivity index (χ4n) is 1.43. The van der Waals surface area contributed by atoms with E-state index in [4.69, 9.17) is 5.73 Å². The van der Waals surface area contributed by atoms with Crippen molar-refractivity contribution in [3.8, 4) is 0 Å². The number of amides is 1. The molecule has 17 heavy (non-hydrogen) atoms. The van der Waals surface area contributed by atoms with Gasteiger partial charge >= 0.3 is 0 Å². The van der Waals surface area contributed by atoms with Gasteiger partial charge in [0.05, 0.1) is 12.2 Å². The standard InChI is InChI=1S/C11H21N5O/c1-3-9(2)10(12)11(17)13-5-4-7-16-8-6-14-15-16/h6,8-10H,3-5,7,12H2,1-2H3,(H,13,17)/t9?,10-/m0/s1. The molecule has 6 nitrogen and oxygen atoms in total. The number of nitrogens with zero attached hydrogens (tertiary/aromatic N) is 3. The van der Waals surface area contributed by atoms with Crippen molar-refractivity contribution < 1.29 is 4.79 Å². The molecule has 1 amide bonds. The first kappa shape index (κ1) is 13.6. The molecule has 1 aromatic rings. The maximum atomic E-state index is 11.6. The summed E-state index contributed by atoms with van der Waals surface area (Å²) in [5, 5.41) is 10.4. The molecular weight excluding hydrogens is 218 g/mol. The number of hydrogen-bond donors (Lipinski definition) is 2. The average molecular weight is 239 g/mol. The number of carbonyl (C=O) groups is 1.